The molecule has 102 valence electrons. The van der Waals surface area contributed by atoms with E-state index in [2.05, 4.69) is 4.98 Å². The van der Waals surface area contributed by atoms with Crippen LogP contribution in [0.1, 0.15) is 12.8 Å². The van der Waals surface area contributed by atoms with Crippen LogP contribution in [0.25, 0.3) is 0 Å². The van der Waals surface area contributed by atoms with E-state index >= 15 is 0 Å². The van der Waals surface area contributed by atoms with Crippen molar-refractivity contribution in [1.29, 1.82) is 0 Å². The van der Waals surface area contributed by atoms with E-state index in [0.717, 1.165) is 0 Å². The number of piperidine rings is 1. The number of hydrogen-bond donors (Lipinski definition) is 2. The van der Waals surface area contributed by atoms with Crippen LogP contribution in [0.3, 0.4) is 0 Å². The second kappa shape index (κ2) is 5.09. The number of carbonyl (C=O) groups is 1. The molecule has 1 aromatic heterocycles. The van der Waals surface area contributed by atoms with Crippen molar-refractivity contribution in [2.75, 3.05) is 23.7 Å². The van der Waals surface area contributed by atoms with Gasteiger partial charge in [-0.25, -0.2) is 4.98 Å². The molecule has 1 aliphatic rings. The number of pyridine rings is 1. The monoisotopic (exact) mass is 265 g/mol. The second-order valence-electron chi connectivity index (χ2n) is 4.49. The summed E-state index contributed by atoms with van der Waals surface area (Å²) in [4.78, 5) is 27.1. The molecule has 4 N–H and O–H groups in total. The minimum Gasteiger partial charge on any atom is -0.378 e. The van der Waals surface area contributed by atoms with Crippen LogP contribution in [-0.4, -0.2) is 28.9 Å². The second-order valence-corrected chi connectivity index (χ2v) is 4.49. The molecule has 1 amide bonds. The third-order valence-corrected chi connectivity index (χ3v) is 3.31. The lowest BCUT2D eigenvalue weighted by molar-refractivity contribution is -0.384. The van der Waals surface area contributed by atoms with Gasteiger partial charge in [0.15, 0.2) is 0 Å². The molecule has 0 unspecified atom stereocenters. The van der Waals surface area contributed by atoms with Gasteiger partial charge in [-0.2, -0.15) is 0 Å². The molecule has 0 aliphatic carbocycles. The Kier molecular flexibility index (Phi) is 3.50. The molecule has 0 aromatic carbocycles. The summed E-state index contributed by atoms with van der Waals surface area (Å²) in [5.41, 5.74) is 10.6. The van der Waals surface area contributed by atoms with Crippen molar-refractivity contribution in [2.24, 2.45) is 11.7 Å². The van der Waals surface area contributed by atoms with Gasteiger partial charge in [0, 0.05) is 25.1 Å². The highest BCUT2D eigenvalue weighted by Crippen LogP contribution is 2.26. The number of nitrogens with two attached hydrogens (primary N) is 2. The van der Waals surface area contributed by atoms with E-state index < -0.39 is 4.92 Å². The molecule has 2 rings (SSSR count). The number of amides is 1. The summed E-state index contributed by atoms with van der Waals surface area (Å²) in [6.07, 6.45) is 1.32. The van der Waals surface area contributed by atoms with Crippen LogP contribution >= 0.6 is 0 Å². The Morgan fingerprint density at radius 1 is 1.42 bits per heavy atom. The third kappa shape index (κ3) is 2.72. The fourth-order valence-corrected chi connectivity index (χ4v) is 2.18. The van der Waals surface area contributed by atoms with Gasteiger partial charge >= 0.3 is 5.69 Å². The molecular weight excluding hydrogens is 250 g/mol. The normalized spacial score (nSPS) is 16.3. The zero-order valence-corrected chi connectivity index (χ0v) is 10.3. The SMILES string of the molecule is NC(=O)C1CCN(c2ccc([N+](=O)[O-])c(N)n2)CC1. The fourth-order valence-electron chi connectivity index (χ4n) is 2.18. The summed E-state index contributed by atoms with van der Waals surface area (Å²) in [7, 11) is 0. The van der Waals surface area contributed by atoms with Crippen LogP contribution in [0.4, 0.5) is 17.3 Å². The maximum atomic E-state index is 11.1. The van der Waals surface area contributed by atoms with Gasteiger partial charge in [-0.15, -0.1) is 0 Å². The summed E-state index contributed by atoms with van der Waals surface area (Å²) < 4.78 is 0. The first-order valence-corrected chi connectivity index (χ1v) is 5.94. The first-order chi connectivity index (χ1) is 8.99. The van der Waals surface area contributed by atoms with Gasteiger partial charge in [0.2, 0.25) is 11.7 Å². The molecule has 2 heterocycles. The lowest BCUT2D eigenvalue weighted by atomic mass is 9.96. The third-order valence-electron chi connectivity index (χ3n) is 3.31. The van der Waals surface area contributed by atoms with Crippen LogP contribution in [0.2, 0.25) is 0 Å². The van der Waals surface area contributed by atoms with Crippen molar-refractivity contribution in [3.05, 3.63) is 22.2 Å². The predicted molar refractivity (Wildman–Crippen MR) is 69.4 cm³/mol. The summed E-state index contributed by atoms with van der Waals surface area (Å²) >= 11 is 0. The largest absolute Gasteiger partial charge is 0.378 e. The Balaban J connectivity index is 2.10. The number of hydrogen-bond acceptors (Lipinski definition) is 6. The van der Waals surface area contributed by atoms with Crippen LogP contribution in [-0.2, 0) is 4.79 Å². The maximum absolute atomic E-state index is 11.1. The Morgan fingerprint density at radius 2 is 2.05 bits per heavy atom. The molecule has 0 saturated carbocycles. The van der Waals surface area contributed by atoms with Crippen LogP contribution in [0, 0.1) is 16.0 Å². The van der Waals surface area contributed by atoms with Crippen LogP contribution < -0.4 is 16.4 Å². The molecular formula is C11H15N5O3. The smallest absolute Gasteiger partial charge is 0.311 e. The van der Waals surface area contributed by atoms with E-state index in [1.165, 1.54) is 6.07 Å². The number of rotatable bonds is 3. The minimum absolute atomic E-state index is 0.0977. The Labute approximate surface area is 109 Å². The van der Waals surface area contributed by atoms with Gasteiger partial charge in [-0.3, -0.25) is 14.9 Å². The highest BCUT2D eigenvalue weighted by atomic mass is 16.6. The summed E-state index contributed by atoms with van der Waals surface area (Å²) in [5.74, 6) is 0.105. The number of nitrogen functional groups attached to an aromatic ring is 1. The zero-order valence-electron chi connectivity index (χ0n) is 10.3. The van der Waals surface area contributed by atoms with Crippen molar-refractivity contribution in [1.82, 2.24) is 4.98 Å². The summed E-state index contributed by atoms with van der Waals surface area (Å²) in [5, 5.41) is 10.6. The Hall–Kier alpha value is -2.38. The number of anilines is 2. The molecule has 0 bridgehead atoms. The lowest BCUT2D eigenvalue weighted by Crippen LogP contribution is -2.38. The Morgan fingerprint density at radius 3 is 2.53 bits per heavy atom. The molecule has 1 saturated heterocycles. The highest BCUT2D eigenvalue weighted by Gasteiger charge is 2.24. The molecule has 0 atom stereocenters. The van der Waals surface area contributed by atoms with Crippen LogP contribution in [0.5, 0.6) is 0 Å². The zero-order chi connectivity index (χ0) is 14.0. The van der Waals surface area contributed by atoms with Gasteiger partial charge in [0.25, 0.3) is 0 Å². The van der Waals surface area contributed by atoms with E-state index in [1.54, 1.807) is 6.07 Å². The number of nitrogens with zero attached hydrogens (tertiary/aromatic N) is 3. The Bertz CT molecular complexity index is 511. The van der Waals surface area contributed by atoms with Crippen LogP contribution in [0.15, 0.2) is 12.1 Å². The molecule has 1 aliphatic heterocycles. The molecule has 1 fully saturated rings. The number of aromatic nitrogens is 1. The van der Waals surface area contributed by atoms with Gasteiger partial charge in [-0.1, -0.05) is 0 Å². The quantitative estimate of drug-likeness (QED) is 0.596. The molecule has 0 radical (unpaired) electrons. The fraction of sp³-hybridized carbons (Fsp3) is 0.455. The maximum Gasteiger partial charge on any atom is 0.311 e. The van der Waals surface area contributed by atoms with E-state index in [0.29, 0.717) is 31.7 Å². The van der Waals surface area contributed by atoms with Crippen molar-refractivity contribution in [3.63, 3.8) is 0 Å². The average molecular weight is 265 g/mol. The first kappa shape index (κ1) is 13.1. The standard InChI is InChI=1S/C11H15N5O3/c12-10-8(16(18)19)1-2-9(14-10)15-5-3-7(4-6-15)11(13)17/h1-2,7H,3-6H2,(H2,12,14)(H2,13,17). The molecule has 8 nitrogen and oxygen atoms in total. The van der Waals surface area contributed by atoms with Gasteiger partial charge < -0.3 is 16.4 Å². The van der Waals surface area contributed by atoms with Gasteiger partial charge in [0.1, 0.15) is 5.82 Å². The van der Waals surface area contributed by atoms with Crippen molar-refractivity contribution in [2.45, 2.75) is 12.8 Å². The summed E-state index contributed by atoms with van der Waals surface area (Å²) in [6.45, 7) is 1.27. The molecule has 0 spiro atoms. The average Bonchev–Trinajstić information content (AvgIpc) is 2.38. The van der Waals surface area contributed by atoms with Crippen molar-refractivity contribution in [3.8, 4) is 0 Å². The first-order valence-electron chi connectivity index (χ1n) is 5.94. The van der Waals surface area contributed by atoms with E-state index in [9.17, 15) is 14.9 Å². The predicted octanol–water partition coefficient (Wildman–Crippen LogP) is 0.274. The minimum atomic E-state index is -0.564. The topological polar surface area (TPSA) is 128 Å². The highest BCUT2D eigenvalue weighted by molar-refractivity contribution is 5.77. The molecule has 8 heteroatoms. The van der Waals surface area contributed by atoms with E-state index in [1.807, 2.05) is 4.90 Å². The number of primary amides is 1. The number of nitro groups is 1. The summed E-state index contributed by atoms with van der Waals surface area (Å²) in [6, 6.07) is 2.91. The van der Waals surface area contributed by atoms with E-state index in [-0.39, 0.29) is 23.3 Å². The molecule has 19 heavy (non-hydrogen) atoms. The number of carbonyl (C=O) groups excluding carboxylic acids is 1. The van der Waals surface area contributed by atoms with Gasteiger partial charge in [-0.05, 0) is 18.9 Å². The van der Waals surface area contributed by atoms with Crippen molar-refractivity contribution >= 4 is 23.2 Å². The van der Waals surface area contributed by atoms with E-state index in [4.69, 9.17) is 11.5 Å². The lowest BCUT2D eigenvalue weighted by Gasteiger charge is -2.31. The molecule has 1 aromatic rings. The van der Waals surface area contributed by atoms with Crippen molar-refractivity contribution < 1.29 is 9.72 Å². The van der Waals surface area contributed by atoms with Gasteiger partial charge in [0.05, 0.1) is 4.92 Å².